The molecule has 0 saturated carbocycles. The number of thiazole rings is 1. The van der Waals surface area contributed by atoms with E-state index in [-0.39, 0.29) is 6.09 Å². The number of aryl methyl sites for hydroxylation is 1. The zero-order valence-electron chi connectivity index (χ0n) is 19.2. The summed E-state index contributed by atoms with van der Waals surface area (Å²) in [5.74, 6) is 0.386. The van der Waals surface area contributed by atoms with Crippen molar-refractivity contribution in [3.05, 3.63) is 39.4 Å². The highest BCUT2D eigenvalue weighted by atomic mass is 32.1. The molecule has 0 fully saturated rings. The highest BCUT2D eigenvalue weighted by Gasteiger charge is 2.23. The number of hydrogen-bond donors (Lipinski definition) is 1. The van der Waals surface area contributed by atoms with Gasteiger partial charge in [-0.05, 0) is 47.6 Å². The summed E-state index contributed by atoms with van der Waals surface area (Å²) in [5, 5.41) is 2.44. The number of aromatic amines is 1. The SMILES string of the molecule is C/C=C/c1nc(CCN(CCc2nc(C(=O)OCC)cs2)C(=O)OC(C)(C)C)[nH]c1C. The van der Waals surface area contributed by atoms with Crippen molar-refractivity contribution >= 4 is 29.5 Å². The van der Waals surface area contributed by atoms with Crippen LogP contribution in [-0.2, 0) is 22.3 Å². The van der Waals surface area contributed by atoms with Crippen LogP contribution in [0.15, 0.2) is 11.5 Å². The van der Waals surface area contributed by atoms with Crippen LogP contribution in [0.4, 0.5) is 4.79 Å². The summed E-state index contributed by atoms with van der Waals surface area (Å²) in [7, 11) is 0. The predicted octanol–water partition coefficient (Wildman–Crippen LogP) is 4.41. The average molecular weight is 449 g/mol. The number of hydrogen-bond acceptors (Lipinski definition) is 7. The minimum atomic E-state index is -0.589. The standard InChI is InChI=1S/C22H32N4O4S/c1-7-9-16-15(3)23-18(24-16)10-12-26(21(28)30-22(4,5)6)13-11-19-25-17(14-31-19)20(27)29-8-2/h7,9,14H,8,10-13H2,1-6H3,(H,23,24)/b9-7+. The number of H-pyrrole nitrogens is 1. The van der Waals surface area contributed by atoms with E-state index in [0.717, 1.165) is 22.2 Å². The Kier molecular flexibility index (Phi) is 8.79. The summed E-state index contributed by atoms with van der Waals surface area (Å²) in [6.07, 6.45) is 4.60. The highest BCUT2D eigenvalue weighted by molar-refractivity contribution is 7.09. The first kappa shape index (κ1) is 24.6. The van der Waals surface area contributed by atoms with Crippen molar-refractivity contribution in [2.45, 2.75) is 60.0 Å². The number of esters is 1. The second kappa shape index (κ2) is 11.1. The van der Waals surface area contributed by atoms with Crippen LogP contribution in [-0.4, -0.2) is 57.2 Å². The van der Waals surface area contributed by atoms with Crippen LogP contribution in [0.2, 0.25) is 0 Å². The number of imidazole rings is 1. The maximum atomic E-state index is 12.7. The van der Waals surface area contributed by atoms with Crippen molar-refractivity contribution in [2.24, 2.45) is 0 Å². The number of rotatable bonds is 9. The summed E-state index contributed by atoms with van der Waals surface area (Å²) in [5.41, 5.74) is 1.60. The normalized spacial score (nSPS) is 11.7. The highest BCUT2D eigenvalue weighted by Crippen LogP contribution is 2.15. The molecule has 8 nitrogen and oxygen atoms in total. The molecule has 31 heavy (non-hydrogen) atoms. The summed E-state index contributed by atoms with van der Waals surface area (Å²) < 4.78 is 10.6. The monoisotopic (exact) mass is 448 g/mol. The fraction of sp³-hybridized carbons (Fsp3) is 0.545. The van der Waals surface area contributed by atoms with E-state index < -0.39 is 11.6 Å². The quantitative estimate of drug-likeness (QED) is 0.571. The lowest BCUT2D eigenvalue weighted by Gasteiger charge is -2.27. The third-order valence-electron chi connectivity index (χ3n) is 4.20. The molecular weight excluding hydrogens is 416 g/mol. The van der Waals surface area contributed by atoms with E-state index in [0.29, 0.717) is 38.2 Å². The molecule has 1 amide bonds. The molecule has 0 saturated heterocycles. The van der Waals surface area contributed by atoms with Crippen molar-refractivity contribution < 1.29 is 19.1 Å². The van der Waals surface area contributed by atoms with Crippen molar-refractivity contribution in [1.82, 2.24) is 19.9 Å². The maximum Gasteiger partial charge on any atom is 0.410 e. The van der Waals surface area contributed by atoms with Crippen LogP contribution in [0.3, 0.4) is 0 Å². The Labute approximate surface area is 187 Å². The van der Waals surface area contributed by atoms with Crippen LogP contribution in [0.25, 0.3) is 6.08 Å². The Morgan fingerprint density at radius 2 is 1.94 bits per heavy atom. The van der Waals surface area contributed by atoms with Gasteiger partial charge in [-0.25, -0.2) is 19.6 Å². The summed E-state index contributed by atoms with van der Waals surface area (Å²) in [6, 6.07) is 0. The molecule has 9 heteroatoms. The fourth-order valence-corrected chi connectivity index (χ4v) is 3.55. The summed E-state index contributed by atoms with van der Waals surface area (Å²) in [6.45, 7) is 12.4. The number of allylic oxidation sites excluding steroid dienone is 1. The molecule has 0 aliphatic rings. The van der Waals surface area contributed by atoms with E-state index >= 15 is 0 Å². The van der Waals surface area contributed by atoms with Crippen molar-refractivity contribution in [3.8, 4) is 0 Å². The van der Waals surface area contributed by atoms with Crippen LogP contribution in [0.5, 0.6) is 0 Å². The number of ether oxygens (including phenoxy) is 2. The van der Waals surface area contributed by atoms with Gasteiger partial charge in [-0.1, -0.05) is 6.08 Å². The van der Waals surface area contributed by atoms with Crippen LogP contribution >= 0.6 is 11.3 Å². The third kappa shape index (κ3) is 7.82. The second-order valence-corrected chi connectivity index (χ2v) is 8.95. The Morgan fingerprint density at radius 3 is 2.58 bits per heavy atom. The lowest BCUT2D eigenvalue weighted by atomic mass is 10.2. The van der Waals surface area contributed by atoms with Crippen molar-refractivity contribution in [1.29, 1.82) is 0 Å². The molecule has 0 radical (unpaired) electrons. The van der Waals surface area contributed by atoms with Gasteiger partial charge in [0.15, 0.2) is 5.69 Å². The van der Waals surface area contributed by atoms with Crippen molar-refractivity contribution in [3.63, 3.8) is 0 Å². The van der Waals surface area contributed by atoms with Gasteiger partial charge in [0, 0.05) is 37.0 Å². The minimum absolute atomic E-state index is 0.299. The number of carbonyl (C=O) groups excluding carboxylic acids is 2. The Hall–Kier alpha value is -2.68. The zero-order valence-corrected chi connectivity index (χ0v) is 20.0. The summed E-state index contributed by atoms with van der Waals surface area (Å²) >= 11 is 1.38. The molecular formula is C22H32N4O4S. The van der Waals surface area contributed by atoms with E-state index in [9.17, 15) is 9.59 Å². The molecule has 0 aliphatic heterocycles. The van der Waals surface area contributed by atoms with Crippen LogP contribution in [0.1, 0.15) is 67.3 Å². The Balaban J connectivity index is 2.05. The van der Waals surface area contributed by atoms with Gasteiger partial charge >= 0.3 is 12.1 Å². The van der Waals surface area contributed by atoms with E-state index in [4.69, 9.17) is 9.47 Å². The van der Waals surface area contributed by atoms with Gasteiger partial charge in [-0.15, -0.1) is 11.3 Å². The first-order valence-electron chi connectivity index (χ1n) is 10.4. The largest absolute Gasteiger partial charge is 0.461 e. The van der Waals surface area contributed by atoms with Crippen LogP contribution < -0.4 is 0 Å². The number of aromatic nitrogens is 3. The van der Waals surface area contributed by atoms with E-state index in [1.807, 2.05) is 46.8 Å². The molecule has 2 rings (SSSR count). The second-order valence-electron chi connectivity index (χ2n) is 8.01. The van der Waals surface area contributed by atoms with Gasteiger partial charge in [0.2, 0.25) is 0 Å². The van der Waals surface area contributed by atoms with Crippen molar-refractivity contribution in [2.75, 3.05) is 19.7 Å². The molecule has 1 N–H and O–H groups in total. The number of nitrogens with zero attached hydrogens (tertiary/aromatic N) is 3. The summed E-state index contributed by atoms with van der Waals surface area (Å²) in [4.78, 5) is 38.4. The molecule has 2 aromatic rings. The van der Waals surface area contributed by atoms with Gasteiger partial charge in [-0.2, -0.15) is 0 Å². The smallest absolute Gasteiger partial charge is 0.410 e. The molecule has 0 unspecified atom stereocenters. The minimum Gasteiger partial charge on any atom is -0.461 e. The molecule has 0 bridgehead atoms. The maximum absolute atomic E-state index is 12.7. The first-order chi connectivity index (χ1) is 14.6. The first-order valence-corrected chi connectivity index (χ1v) is 11.3. The number of carbonyl (C=O) groups is 2. The van der Waals surface area contributed by atoms with Gasteiger partial charge in [0.05, 0.1) is 17.3 Å². The molecule has 170 valence electrons. The number of amides is 1. The molecule has 0 aliphatic carbocycles. The fourth-order valence-electron chi connectivity index (χ4n) is 2.79. The topological polar surface area (TPSA) is 97.4 Å². The zero-order chi connectivity index (χ0) is 23.0. The third-order valence-corrected chi connectivity index (χ3v) is 5.11. The van der Waals surface area contributed by atoms with Gasteiger partial charge in [-0.3, -0.25) is 0 Å². The van der Waals surface area contributed by atoms with Crippen LogP contribution in [0, 0.1) is 6.92 Å². The lowest BCUT2D eigenvalue weighted by Crippen LogP contribution is -2.39. The average Bonchev–Trinajstić information content (AvgIpc) is 3.28. The molecule has 2 aromatic heterocycles. The van der Waals surface area contributed by atoms with E-state index in [1.165, 1.54) is 11.3 Å². The van der Waals surface area contributed by atoms with E-state index in [1.54, 1.807) is 17.2 Å². The predicted molar refractivity (Wildman–Crippen MR) is 121 cm³/mol. The molecule has 0 aromatic carbocycles. The molecule has 2 heterocycles. The number of nitrogens with one attached hydrogen (secondary N) is 1. The van der Waals surface area contributed by atoms with Gasteiger partial charge in [0.25, 0.3) is 0 Å². The lowest BCUT2D eigenvalue weighted by molar-refractivity contribution is 0.0252. The van der Waals surface area contributed by atoms with E-state index in [2.05, 4.69) is 15.0 Å². The Morgan fingerprint density at radius 1 is 1.23 bits per heavy atom. The Bertz CT molecular complexity index is 911. The van der Waals surface area contributed by atoms with Gasteiger partial charge < -0.3 is 19.4 Å². The molecule has 0 atom stereocenters. The molecule has 0 spiro atoms. The van der Waals surface area contributed by atoms with Gasteiger partial charge in [0.1, 0.15) is 11.4 Å².